The van der Waals surface area contributed by atoms with Crippen molar-refractivity contribution in [1.82, 2.24) is 15.5 Å². The third-order valence-corrected chi connectivity index (χ3v) is 5.44. The van der Waals surface area contributed by atoms with Crippen molar-refractivity contribution in [3.63, 3.8) is 0 Å². The number of nitrogens with one attached hydrogen (secondary N) is 2. The summed E-state index contributed by atoms with van der Waals surface area (Å²) in [6.45, 7) is 2.07. The fraction of sp³-hybridized carbons (Fsp3) is 0.333. The zero-order chi connectivity index (χ0) is 19.9. The lowest BCUT2D eigenvalue weighted by Crippen LogP contribution is -2.29. The minimum absolute atomic E-state index is 0.214. The van der Waals surface area contributed by atoms with E-state index in [4.69, 9.17) is 5.11 Å². The van der Waals surface area contributed by atoms with Gasteiger partial charge in [0, 0.05) is 17.5 Å². The van der Waals surface area contributed by atoms with E-state index in [1.165, 1.54) is 0 Å². The maximum Gasteiger partial charge on any atom is 0.307 e. The molecule has 2 aliphatic carbocycles. The highest BCUT2D eigenvalue weighted by molar-refractivity contribution is 5.90. The number of carboxylic acid groups (broad SMARTS) is 1. The Morgan fingerprint density at radius 1 is 1.29 bits per heavy atom. The molecule has 7 nitrogen and oxygen atoms in total. The SMILES string of the molecule is CC1(Cc2n[nH]c(=O)c3ccccc23)C=C(NC(=O)C2CC2C(=O)O)C=CC1. The molecule has 0 aliphatic heterocycles. The third-order valence-electron chi connectivity index (χ3n) is 5.44. The molecule has 1 amide bonds. The van der Waals surface area contributed by atoms with Crippen LogP contribution in [0.25, 0.3) is 10.8 Å². The van der Waals surface area contributed by atoms with Crippen molar-refractivity contribution in [3.05, 3.63) is 64.2 Å². The van der Waals surface area contributed by atoms with E-state index in [0.29, 0.717) is 23.9 Å². The zero-order valence-electron chi connectivity index (χ0n) is 15.4. The summed E-state index contributed by atoms with van der Waals surface area (Å²) < 4.78 is 0. The van der Waals surface area contributed by atoms with Crippen LogP contribution in [-0.2, 0) is 16.0 Å². The van der Waals surface area contributed by atoms with E-state index in [1.807, 2.05) is 36.4 Å². The van der Waals surface area contributed by atoms with Gasteiger partial charge in [-0.15, -0.1) is 0 Å². The van der Waals surface area contributed by atoms with Crippen molar-refractivity contribution >= 4 is 22.6 Å². The van der Waals surface area contributed by atoms with Gasteiger partial charge in [0.1, 0.15) is 0 Å². The molecular weight excluding hydrogens is 358 g/mol. The maximum atomic E-state index is 12.3. The maximum absolute atomic E-state index is 12.3. The number of benzene rings is 1. The van der Waals surface area contributed by atoms with E-state index < -0.39 is 17.8 Å². The minimum atomic E-state index is -0.922. The Morgan fingerprint density at radius 3 is 2.75 bits per heavy atom. The normalized spacial score (nSPS) is 26.0. The van der Waals surface area contributed by atoms with E-state index in [0.717, 1.165) is 17.5 Å². The molecule has 28 heavy (non-hydrogen) atoms. The van der Waals surface area contributed by atoms with Crippen LogP contribution in [0.15, 0.2) is 53.0 Å². The number of fused-ring (bicyclic) bond motifs is 1. The summed E-state index contributed by atoms with van der Waals surface area (Å²) in [7, 11) is 0. The topological polar surface area (TPSA) is 112 Å². The summed E-state index contributed by atoms with van der Waals surface area (Å²) in [5, 5.41) is 20.1. The van der Waals surface area contributed by atoms with E-state index in [2.05, 4.69) is 22.4 Å². The number of carboxylic acids is 1. The van der Waals surface area contributed by atoms with Crippen molar-refractivity contribution in [1.29, 1.82) is 0 Å². The molecule has 144 valence electrons. The fourth-order valence-electron chi connectivity index (χ4n) is 3.82. The van der Waals surface area contributed by atoms with Crippen LogP contribution >= 0.6 is 0 Å². The molecule has 2 aliphatic rings. The van der Waals surface area contributed by atoms with Crippen molar-refractivity contribution in [2.75, 3.05) is 0 Å². The monoisotopic (exact) mass is 379 g/mol. The summed E-state index contributed by atoms with van der Waals surface area (Å²) in [5.41, 5.74) is 0.960. The molecule has 1 saturated carbocycles. The highest BCUT2D eigenvalue weighted by Gasteiger charge is 2.48. The molecule has 1 aromatic carbocycles. The number of rotatable bonds is 5. The number of hydrogen-bond acceptors (Lipinski definition) is 4. The lowest BCUT2D eigenvalue weighted by molar-refractivity contribution is -0.140. The standard InChI is InChI=1S/C21H21N3O4/c1-21(11-17-13-6-2-3-7-14(13)19(26)24-23-17)8-4-5-12(10-21)22-18(25)15-9-16(15)20(27)28/h2-7,10,15-16H,8-9,11H2,1H3,(H,22,25)(H,24,26)(H,27,28). The Hall–Kier alpha value is -3.22. The number of carbonyl (C=O) groups excluding carboxylic acids is 1. The Kier molecular flexibility index (Phi) is 4.37. The number of aliphatic carboxylic acids is 1. The fourth-order valence-corrected chi connectivity index (χ4v) is 3.82. The molecule has 1 fully saturated rings. The van der Waals surface area contributed by atoms with Gasteiger partial charge in [0.15, 0.2) is 0 Å². The molecule has 2 aromatic rings. The first-order chi connectivity index (χ1) is 13.4. The van der Waals surface area contributed by atoms with Gasteiger partial charge in [-0.25, -0.2) is 5.10 Å². The van der Waals surface area contributed by atoms with Crippen molar-refractivity contribution in [3.8, 4) is 0 Å². The quantitative estimate of drug-likeness (QED) is 0.737. The first kappa shape index (κ1) is 18.2. The molecule has 0 radical (unpaired) electrons. The summed E-state index contributed by atoms with van der Waals surface area (Å²) in [6.07, 6.45) is 7.58. The summed E-state index contributed by atoms with van der Waals surface area (Å²) in [4.78, 5) is 35.2. The number of amides is 1. The molecule has 0 bridgehead atoms. The predicted octanol–water partition coefficient (Wildman–Crippen LogP) is 2.15. The van der Waals surface area contributed by atoms with Crippen LogP contribution in [0.3, 0.4) is 0 Å². The van der Waals surface area contributed by atoms with Crippen LogP contribution in [0, 0.1) is 17.3 Å². The van der Waals surface area contributed by atoms with Crippen LogP contribution in [0.4, 0.5) is 0 Å². The molecule has 4 rings (SSSR count). The molecule has 1 heterocycles. The van der Waals surface area contributed by atoms with E-state index in [9.17, 15) is 14.4 Å². The molecule has 7 heteroatoms. The Balaban J connectivity index is 1.54. The molecular formula is C21H21N3O4. The minimum Gasteiger partial charge on any atom is -0.481 e. The summed E-state index contributed by atoms with van der Waals surface area (Å²) in [6, 6.07) is 7.37. The number of allylic oxidation sites excluding steroid dienone is 3. The number of carbonyl (C=O) groups is 2. The lowest BCUT2D eigenvalue weighted by Gasteiger charge is -2.28. The summed E-state index contributed by atoms with van der Waals surface area (Å²) >= 11 is 0. The van der Waals surface area contributed by atoms with Gasteiger partial charge in [-0.1, -0.05) is 37.3 Å². The van der Waals surface area contributed by atoms with Gasteiger partial charge in [-0.2, -0.15) is 5.10 Å². The third kappa shape index (κ3) is 3.47. The second-order valence-corrected chi connectivity index (χ2v) is 7.86. The van der Waals surface area contributed by atoms with Crippen LogP contribution in [-0.4, -0.2) is 27.2 Å². The highest BCUT2D eigenvalue weighted by atomic mass is 16.4. The average molecular weight is 379 g/mol. The second-order valence-electron chi connectivity index (χ2n) is 7.86. The van der Waals surface area contributed by atoms with E-state index >= 15 is 0 Å². The first-order valence-corrected chi connectivity index (χ1v) is 9.26. The van der Waals surface area contributed by atoms with Gasteiger partial charge >= 0.3 is 5.97 Å². The van der Waals surface area contributed by atoms with Crippen LogP contribution in [0.5, 0.6) is 0 Å². The van der Waals surface area contributed by atoms with Gasteiger partial charge in [0.25, 0.3) is 5.56 Å². The van der Waals surface area contributed by atoms with Gasteiger partial charge in [-0.3, -0.25) is 14.4 Å². The van der Waals surface area contributed by atoms with Crippen LogP contribution in [0.2, 0.25) is 0 Å². The van der Waals surface area contributed by atoms with Gasteiger partial charge in [0.05, 0.1) is 22.9 Å². The van der Waals surface area contributed by atoms with Gasteiger partial charge < -0.3 is 10.4 Å². The Bertz CT molecular complexity index is 1080. The van der Waals surface area contributed by atoms with Gasteiger partial charge in [0.2, 0.25) is 5.91 Å². The number of aromatic amines is 1. The second kappa shape index (κ2) is 6.74. The Morgan fingerprint density at radius 2 is 2.04 bits per heavy atom. The number of aromatic nitrogens is 2. The number of nitrogens with zero attached hydrogens (tertiary/aromatic N) is 1. The molecule has 0 spiro atoms. The molecule has 3 N–H and O–H groups in total. The molecule has 1 aromatic heterocycles. The zero-order valence-corrected chi connectivity index (χ0v) is 15.4. The van der Waals surface area contributed by atoms with Crippen molar-refractivity contribution < 1.29 is 14.7 Å². The molecule has 3 atom stereocenters. The smallest absolute Gasteiger partial charge is 0.307 e. The molecule has 3 unspecified atom stereocenters. The lowest BCUT2D eigenvalue weighted by atomic mass is 9.78. The first-order valence-electron chi connectivity index (χ1n) is 9.26. The largest absolute Gasteiger partial charge is 0.481 e. The summed E-state index contributed by atoms with van der Waals surface area (Å²) in [5.74, 6) is -2.20. The van der Waals surface area contributed by atoms with Crippen LogP contribution in [0.1, 0.15) is 25.5 Å². The number of H-pyrrole nitrogens is 1. The van der Waals surface area contributed by atoms with Crippen LogP contribution < -0.4 is 10.9 Å². The number of hydrogen-bond donors (Lipinski definition) is 3. The van der Waals surface area contributed by atoms with E-state index in [1.54, 1.807) is 6.07 Å². The average Bonchev–Trinajstić information content (AvgIpc) is 3.46. The van der Waals surface area contributed by atoms with Crippen molar-refractivity contribution in [2.45, 2.75) is 26.2 Å². The highest BCUT2D eigenvalue weighted by Crippen LogP contribution is 2.39. The molecule has 0 saturated heterocycles. The van der Waals surface area contributed by atoms with Crippen molar-refractivity contribution in [2.24, 2.45) is 17.3 Å². The van der Waals surface area contributed by atoms with E-state index in [-0.39, 0.29) is 16.9 Å². The van der Waals surface area contributed by atoms with Gasteiger partial charge in [-0.05, 0) is 30.4 Å². The Labute approximate surface area is 161 Å². The predicted molar refractivity (Wildman–Crippen MR) is 103 cm³/mol.